The van der Waals surface area contributed by atoms with Crippen molar-refractivity contribution in [2.75, 3.05) is 11.9 Å². The number of carbonyl (C=O) groups is 2. The molecule has 1 aliphatic rings. The Morgan fingerprint density at radius 2 is 2.00 bits per heavy atom. The smallest absolute Gasteiger partial charge is 0.255 e. The summed E-state index contributed by atoms with van der Waals surface area (Å²) >= 11 is 0. The molecule has 0 saturated carbocycles. The Balaban J connectivity index is 1.74. The van der Waals surface area contributed by atoms with Crippen molar-refractivity contribution in [3.05, 3.63) is 53.6 Å². The molecular formula is C22H25NO4. The van der Waals surface area contributed by atoms with Crippen molar-refractivity contribution < 1.29 is 19.1 Å². The number of hydrogen-bond donors (Lipinski definition) is 1. The summed E-state index contributed by atoms with van der Waals surface area (Å²) in [6.45, 7) is 8.50. The molecule has 0 aliphatic carbocycles. The summed E-state index contributed by atoms with van der Waals surface area (Å²) in [7, 11) is 0. The highest BCUT2D eigenvalue weighted by molar-refractivity contribution is 6.06. The first kappa shape index (κ1) is 19.0. The van der Waals surface area contributed by atoms with Gasteiger partial charge in [0.05, 0.1) is 18.6 Å². The van der Waals surface area contributed by atoms with Gasteiger partial charge in [0.1, 0.15) is 17.1 Å². The van der Waals surface area contributed by atoms with Crippen LogP contribution >= 0.6 is 0 Å². The SMILES string of the molecule is CC(C)COc1cccc(C(=O)Nc2ccc3c(c2)C(=O)CC(C)(C)O3)c1. The summed E-state index contributed by atoms with van der Waals surface area (Å²) in [5.41, 5.74) is 1.05. The molecule has 2 aromatic rings. The van der Waals surface area contributed by atoms with E-state index in [1.54, 1.807) is 36.4 Å². The number of hydrogen-bond acceptors (Lipinski definition) is 4. The van der Waals surface area contributed by atoms with E-state index < -0.39 is 5.60 Å². The van der Waals surface area contributed by atoms with Gasteiger partial charge in [0.2, 0.25) is 0 Å². The fourth-order valence-electron chi connectivity index (χ4n) is 2.92. The van der Waals surface area contributed by atoms with Crippen molar-refractivity contribution >= 4 is 17.4 Å². The van der Waals surface area contributed by atoms with Crippen molar-refractivity contribution in [1.29, 1.82) is 0 Å². The first-order chi connectivity index (χ1) is 12.7. The molecule has 5 nitrogen and oxygen atoms in total. The Labute approximate surface area is 159 Å². The van der Waals surface area contributed by atoms with Crippen LogP contribution in [-0.2, 0) is 0 Å². The van der Waals surface area contributed by atoms with Crippen LogP contribution in [0.1, 0.15) is 54.8 Å². The van der Waals surface area contributed by atoms with Gasteiger partial charge >= 0.3 is 0 Å². The van der Waals surface area contributed by atoms with E-state index in [2.05, 4.69) is 19.2 Å². The molecule has 2 aromatic carbocycles. The standard InChI is InChI=1S/C22H25NO4/c1-14(2)13-26-17-7-5-6-15(10-17)21(25)23-16-8-9-20-18(11-16)19(24)12-22(3,4)27-20/h5-11,14H,12-13H2,1-4H3,(H,23,25). The Morgan fingerprint density at radius 1 is 1.22 bits per heavy atom. The van der Waals surface area contributed by atoms with Crippen LogP contribution in [-0.4, -0.2) is 23.9 Å². The van der Waals surface area contributed by atoms with Gasteiger partial charge in [0.25, 0.3) is 5.91 Å². The molecule has 0 fully saturated rings. The Kier molecular flexibility index (Phi) is 5.22. The number of ether oxygens (including phenoxy) is 2. The quantitative estimate of drug-likeness (QED) is 0.831. The average molecular weight is 367 g/mol. The molecule has 0 saturated heterocycles. The molecule has 0 aromatic heterocycles. The topological polar surface area (TPSA) is 64.6 Å². The summed E-state index contributed by atoms with van der Waals surface area (Å²) in [6.07, 6.45) is 0.312. The number of fused-ring (bicyclic) bond motifs is 1. The van der Waals surface area contributed by atoms with Crippen molar-refractivity contribution in [3.8, 4) is 11.5 Å². The van der Waals surface area contributed by atoms with Gasteiger partial charge < -0.3 is 14.8 Å². The maximum absolute atomic E-state index is 12.6. The first-order valence-corrected chi connectivity index (χ1v) is 9.14. The second-order valence-corrected chi connectivity index (χ2v) is 7.86. The minimum absolute atomic E-state index is 0.0152. The summed E-state index contributed by atoms with van der Waals surface area (Å²) < 4.78 is 11.5. The number of rotatable bonds is 5. The van der Waals surface area contributed by atoms with Crippen molar-refractivity contribution in [3.63, 3.8) is 0 Å². The summed E-state index contributed by atoms with van der Waals surface area (Å²) in [6, 6.07) is 12.2. The van der Waals surface area contributed by atoms with Gasteiger partial charge in [-0.05, 0) is 56.2 Å². The molecule has 0 bridgehead atoms. The second kappa shape index (κ2) is 7.43. The van der Waals surface area contributed by atoms with Crippen molar-refractivity contribution in [1.82, 2.24) is 0 Å². The van der Waals surface area contributed by atoms with Gasteiger partial charge in [-0.15, -0.1) is 0 Å². The van der Waals surface area contributed by atoms with Crippen LogP contribution in [0.15, 0.2) is 42.5 Å². The predicted molar refractivity (Wildman–Crippen MR) is 105 cm³/mol. The van der Waals surface area contributed by atoms with E-state index in [9.17, 15) is 9.59 Å². The molecule has 27 heavy (non-hydrogen) atoms. The van der Waals surface area contributed by atoms with E-state index in [0.717, 1.165) is 0 Å². The molecular weight excluding hydrogens is 342 g/mol. The highest BCUT2D eigenvalue weighted by atomic mass is 16.5. The van der Waals surface area contributed by atoms with Gasteiger partial charge in [-0.1, -0.05) is 19.9 Å². The number of anilines is 1. The third-order valence-electron chi connectivity index (χ3n) is 4.19. The molecule has 5 heteroatoms. The average Bonchev–Trinajstić information content (AvgIpc) is 2.60. The second-order valence-electron chi connectivity index (χ2n) is 7.86. The first-order valence-electron chi connectivity index (χ1n) is 9.14. The Hall–Kier alpha value is -2.82. The van der Waals surface area contributed by atoms with Gasteiger partial charge in [0.15, 0.2) is 5.78 Å². The van der Waals surface area contributed by atoms with Gasteiger partial charge in [-0.2, -0.15) is 0 Å². The maximum Gasteiger partial charge on any atom is 0.255 e. The number of amides is 1. The van der Waals surface area contributed by atoms with E-state index in [1.807, 2.05) is 19.9 Å². The molecule has 3 rings (SSSR count). The molecule has 1 heterocycles. The highest BCUT2D eigenvalue weighted by Gasteiger charge is 2.32. The Bertz CT molecular complexity index is 870. The lowest BCUT2D eigenvalue weighted by Gasteiger charge is -2.31. The van der Waals surface area contributed by atoms with E-state index in [0.29, 0.717) is 47.3 Å². The monoisotopic (exact) mass is 367 g/mol. The van der Waals surface area contributed by atoms with Crippen LogP contribution in [0.3, 0.4) is 0 Å². The molecule has 1 N–H and O–H groups in total. The molecule has 0 atom stereocenters. The number of benzene rings is 2. The minimum Gasteiger partial charge on any atom is -0.493 e. The van der Waals surface area contributed by atoms with E-state index in [4.69, 9.17) is 9.47 Å². The molecule has 0 spiro atoms. The maximum atomic E-state index is 12.6. The lowest BCUT2D eigenvalue weighted by Crippen LogP contribution is -2.35. The molecule has 142 valence electrons. The molecule has 0 radical (unpaired) electrons. The summed E-state index contributed by atoms with van der Waals surface area (Å²) in [4.78, 5) is 24.9. The number of carbonyl (C=O) groups excluding carboxylic acids is 2. The Morgan fingerprint density at radius 3 is 2.74 bits per heavy atom. The third-order valence-corrected chi connectivity index (χ3v) is 4.19. The van der Waals surface area contributed by atoms with E-state index >= 15 is 0 Å². The number of nitrogens with one attached hydrogen (secondary N) is 1. The predicted octanol–water partition coefficient (Wildman–Crippen LogP) is 4.72. The summed E-state index contributed by atoms with van der Waals surface area (Å²) in [5.74, 6) is 1.38. The fourth-order valence-corrected chi connectivity index (χ4v) is 2.92. The van der Waals surface area contributed by atoms with Crippen LogP contribution < -0.4 is 14.8 Å². The van der Waals surface area contributed by atoms with Gasteiger partial charge in [0, 0.05) is 11.3 Å². The largest absolute Gasteiger partial charge is 0.493 e. The van der Waals surface area contributed by atoms with Gasteiger partial charge in [-0.3, -0.25) is 9.59 Å². The zero-order chi connectivity index (χ0) is 19.6. The zero-order valence-corrected chi connectivity index (χ0v) is 16.2. The van der Waals surface area contributed by atoms with Crippen molar-refractivity contribution in [2.24, 2.45) is 5.92 Å². The van der Waals surface area contributed by atoms with Crippen LogP contribution in [0, 0.1) is 5.92 Å². The summed E-state index contributed by atoms with van der Waals surface area (Å²) in [5, 5.41) is 2.84. The van der Waals surface area contributed by atoms with Crippen LogP contribution in [0.25, 0.3) is 0 Å². The van der Waals surface area contributed by atoms with Gasteiger partial charge in [-0.25, -0.2) is 0 Å². The normalized spacial score (nSPS) is 15.1. The zero-order valence-electron chi connectivity index (χ0n) is 16.2. The molecule has 1 aliphatic heterocycles. The van der Waals surface area contributed by atoms with Crippen LogP contribution in [0.5, 0.6) is 11.5 Å². The minimum atomic E-state index is -0.509. The number of ketones is 1. The highest BCUT2D eigenvalue weighted by Crippen LogP contribution is 2.34. The third kappa shape index (κ3) is 4.67. The fraction of sp³-hybridized carbons (Fsp3) is 0.364. The van der Waals surface area contributed by atoms with E-state index in [-0.39, 0.29) is 11.7 Å². The van der Waals surface area contributed by atoms with E-state index in [1.165, 1.54) is 0 Å². The van der Waals surface area contributed by atoms with Crippen molar-refractivity contribution in [2.45, 2.75) is 39.7 Å². The molecule has 0 unspecified atom stereocenters. The van der Waals surface area contributed by atoms with Crippen LogP contribution in [0.2, 0.25) is 0 Å². The van der Waals surface area contributed by atoms with Crippen LogP contribution in [0.4, 0.5) is 5.69 Å². The number of Topliss-reactive ketones (excluding diaryl/α,β-unsaturated/α-hetero) is 1. The lowest BCUT2D eigenvalue weighted by atomic mass is 9.93. The lowest BCUT2D eigenvalue weighted by molar-refractivity contribution is 0.0620. The molecule has 1 amide bonds.